The number of hydrogen-bond acceptors (Lipinski definition) is 7. The molecule has 10 heteroatoms. The summed E-state index contributed by atoms with van der Waals surface area (Å²) in [7, 11) is 0. The third kappa shape index (κ3) is 3.58. The highest BCUT2D eigenvalue weighted by molar-refractivity contribution is 6.44. The summed E-state index contributed by atoms with van der Waals surface area (Å²) in [5.74, 6) is 0.0530. The van der Waals surface area contributed by atoms with Gasteiger partial charge in [0.2, 0.25) is 5.95 Å². The molecule has 1 aromatic heterocycles. The predicted octanol–water partition coefficient (Wildman–Crippen LogP) is 2.32. The van der Waals surface area contributed by atoms with Crippen molar-refractivity contribution in [1.29, 1.82) is 0 Å². The van der Waals surface area contributed by atoms with Gasteiger partial charge >= 0.3 is 0 Å². The number of carbonyl (C=O) groups excluding carboxylic acids is 1. The summed E-state index contributed by atoms with van der Waals surface area (Å²) >= 11 is 12.5. The Morgan fingerprint density at radius 1 is 1.27 bits per heavy atom. The number of amides is 1. The molecule has 0 radical (unpaired) electrons. The molecule has 160 valence electrons. The number of nitrogen functional groups attached to an aromatic ring is 1. The minimum Gasteiger partial charge on any atom is -0.383 e. The van der Waals surface area contributed by atoms with Gasteiger partial charge in [-0.25, -0.2) is 4.98 Å². The predicted molar refractivity (Wildman–Crippen MR) is 118 cm³/mol. The molecular formula is C20H24Cl2N6O2. The Bertz CT molecular complexity index is 980. The fraction of sp³-hybridized carbons (Fsp3) is 0.450. The molecule has 2 aliphatic heterocycles. The maximum Gasteiger partial charge on any atom is 0.268 e. The molecule has 0 saturated carbocycles. The van der Waals surface area contributed by atoms with E-state index in [1.165, 1.54) is 0 Å². The van der Waals surface area contributed by atoms with Gasteiger partial charge in [-0.1, -0.05) is 35.3 Å². The molecule has 30 heavy (non-hydrogen) atoms. The highest BCUT2D eigenvalue weighted by atomic mass is 35.5. The van der Waals surface area contributed by atoms with Crippen LogP contribution in [0.3, 0.4) is 0 Å². The molecular weight excluding hydrogens is 427 g/mol. The van der Waals surface area contributed by atoms with E-state index in [4.69, 9.17) is 45.1 Å². The van der Waals surface area contributed by atoms with Crippen molar-refractivity contribution in [3.63, 3.8) is 0 Å². The van der Waals surface area contributed by atoms with Gasteiger partial charge in [0.05, 0.1) is 15.6 Å². The average Bonchev–Trinajstić information content (AvgIpc) is 3.08. The van der Waals surface area contributed by atoms with Gasteiger partial charge in [0, 0.05) is 31.9 Å². The summed E-state index contributed by atoms with van der Waals surface area (Å²) in [5.41, 5.74) is 18.8. The lowest BCUT2D eigenvalue weighted by Crippen LogP contribution is -2.39. The van der Waals surface area contributed by atoms with Crippen LogP contribution in [-0.2, 0) is 4.74 Å². The van der Waals surface area contributed by atoms with Crippen LogP contribution in [0.4, 0.5) is 11.8 Å². The number of benzene rings is 1. The Balaban J connectivity index is 1.76. The van der Waals surface area contributed by atoms with Crippen LogP contribution >= 0.6 is 23.2 Å². The lowest BCUT2D eigenvalue weighted by atomic mass is 9.72. The fourth-order valence-corrected chi connectivity index (χ4v) is 5.00. The van der Waals surface area contributed by atoms with E-state index >= 15 is 0 Å². The fourth-order valence-electron chi connectivity index (χ4n) is 4.60. The van der Waals surface area contributed by atoms with Gasteiger partial charge in [-0.15, -0.1) is 0 Å². The molecule has 0 aliphatic carbocycles. The molecule has 4 rings (SSSR count). The number of aromatic nitrogens is 2. The van der Waals surface area contributed by atoms with Crippen molar-refractivity contribution in [2.75, 3.05) is 43.5 Å². The SMILES string of the molecule is NCC1CN(c2nc(N)c(-c3cccc(Cl)c3Cl)c(C(N)=O)n2)CC12CCOCC2. The number of rotatable bonds is 4. The van der Waals surface area contributed by atoms with Gasteiger partial charge in [-0.3, -0.25) is 4.79 Å². The van der Waals surface area contributed by atoms with E-state index in [-0.39, 0.29) is 33.4 Å². The van der Waals surface area contributed by atoms with Crippen LogP contribution in [0.5, 0.6) is 0 Å². The number of nitrogens with two attached hydrogens (primary N) is 3. The highest BCUT2D eigenvalue weighted by Crippen LogP contribution is 2.45. The van der Waals surface area contributed by atoms with E-state index < -0.39 is 5.91 Å². The number of anilines is 2. The van der Waals surface area contributed by atoms with E-state index in [0.29, 0.717) is 42.8 Å². The second-order valence-electron chi connectivity index (χ2n) is 7.89. The molecule has 0 bridgehead atoms. The molecule has 2 saturated heterocycles. The summed E-state index contributed by atoms with van der Waals surface area (Å²) in [6.07, 6.45) is 1.86. The lowest BCUT2D eigenvalue weighted by molar-refractivity contribution is 0.00489. The first-order valence-electron chi connectivity index (χ1n) is 9.81. The van der Waals surface area contributed by atoms with Crippen molar-refractivity contribution in [3.8, 4) is 11.1 Å². The number of halogens is 2. The van der Waals surface area contributed by atoms with Crippen molar-refractivity contribution in [2.24, 2.45) is 22.8 Å². The zero-order valence-electron chi connectivity index (χ0n) is 16.4. The minimum atomic E-state index is -0.716. The molecule has 8 nitrogen and oxygen atoms in total. The van der Waals surface area contributed by atoms with Gasteiger partial charge in [0.25, 0.3) is 5.91 Å². The Labute approximate surface area is 184 Å². The summed E-state index contributed by atoms with van der Waals surface area (Å²) in [5, 5.41) is 0.593. The number of primary amides is 1. The third-order valence-electron chi connectivity index (χ3n) is 6.25. The van der Waals surface area contributed by atoms with Crippen molar-refractivity contribution in [2.45, 2.75) is 12.8 Å². The van der Waals surface area contributed by atoms with Gasteiger partial charge < -0.3 is 26.8 Å². The lowest BCUT2D eigenvalue weighted by Gasteiger charge is -2.37. The molecule has 1 amide bonds. The first kappa shape index (κ1) is 21.1. The molecule has 2 aromatic rings. The Hall–Kier alpha value is -2.13. The van der Waals surface area contributed by atoms with E-state index in [2.05, 4.69) is 9.97 Å². The molecule has 1 spiro atoms. The Morgan fingerprint density at radius 3 is 2.67 bits per heavy atom. The van der Waals surface area contributed by atoms with Crippen LogP contribution in [0.2, 0.25) is 10.0 Å². The summed E-state index contributed by atoms with van der Waals surface area (Å²) in [6.45, 7) is 3.40. The second-order valence-corrected chi connectivity index (χ2v) is 8.67. The number of hydrogen-bond donors (Lipinski definition) is 3. The van der Waals surface area contributed by atoms with Crippen LogP contribution in [0.15, 0.2) is 18.2 Å². The van der Waals surface area contributed by atoms with Crippen LogP contribution in [-0.4, -0.2) is 48.7 Å². The molecule has 6 N–H and O–H groups in total. The number of ether oxygens (including phenoxy) is 1. The number of nitrogens with zero attached hydrogens (tertiary/aromatic N) is 3. The zero-order chi connectivity index (χ0) is 21.5. The first-order valence-corrected chi connectivity index (χ1v) is 10.6. The summed E-state index contributed by atoms with van der Waals surface area (Å²) < 4.78 is 5.55. The number of carbonyl (C=O) groups is 1. The van der Waals surface area contributed by atoms with Crippen molar-refractivity contribution in [1.82, 2.24) is 9.97 Å². The van der Waals surface area contributed by atoms with Crippen LogP contribution < -0.4 is 22.1 Å². The molecule has 3 heterocycles. The van der Waals surface area contributed by atoms with Gasteiger partial charge in [0.1, 0.15) is 11.5 Å². The maximum atomic E-state index is 12.3. The molecule has 1 atom stereocenters. The van der Waals surface area contributed by atoms with Gasteiger partial charge in [-0.2, -0.15) is 4.98 Å². The van der Waals surface area contributed by atoms with E-state index in [1.54, 1.807) is 18.2 Å². The third-order valence-corrected chi connectivity index (χ3v) is 7.07. The monoisotopic (exact) mass is 450 g/mol. The molecule has 1 unspecified atom stereocenters. The molecule has 2 aliphatic rings. The van der Waals surface area contributed by atoms with Crippen molar-refractivity contribution in [3.05, 3.63) is 33.9 Å². The smallest absolute Gasteiger partial charge is 0.268 e. The van der Waals surface area contributed by atoms with Gasteiger partial charge in [0.15, 0.2) is 0 Å². The average molecular weight is 451 g/mol. The molecule has 1 aromatic carbocycles. The zero-order valence-corrected chi connectivity index (χ0v) is 17.9. The Kier molecular flexibility index (Phi) is 5.76. The normalized spacial score (nSPS) is 20.6. The quantitative estimate of drug-likeness (QED) is 0.650. The van der Waals surface area contributed by atoms with E-state index in [1.807, 2.05) is 4.90 Å². The second kappa shape index (κ2) is 8.19. The maximum absolute atomic E-state index is 12.3. The largest absolute Gasteiger partial charge is 0.383 e. The van der Waals surface area contributed by atoms with Gasteiger partial charge in [-0.05, 0) is 36.8 Å². The summed E-state index contributed by atoms with van der Waals surface area (Å²) in [6, 6.07) is 5.06. The van der Waals surface area contributed by atoms with Crippen molar-refractivity contribution < 1.29 is 9.53 Å². The topological polar surface area (TPSA) is 133 Å². The standard InChI is InChI=1S/C20H24Cl2N6O2/c21-13-3-1-2-12(15(13)22)14-16(18(25)29)26-19(27-17(14)24)28-9-11(8-23)20(10-28)4-6-30-7-5-20/h1-3,11H,4-10,23H2,(H2,25,29)(H2,24,26,27). The Morgan fingerprint density at radius 2 is 2.00 bits per heavy atom. The van der Waals surface area contributed by atoms with Crippen LogP contribution in [0.25, 0.3) is 11.1 Å². The van der Waals surface area contributed by atoms with Crippen molar-refractivity contribution >= 4 is 40.9 Å². The van der Waals surface area contributed by atoms with Crippen LogP contribution in [0, 0.1) is 11.3 Å². The molecule has 2 fully saturated rings. The summed E-state index contributed by atoms with van der Waals surface area (Å²) in [4.78, 5) is 23.3. The van der Waals surface area contributed by atoms with E-state index in [0.717, 1.165) is 19.4 Å². The minimum absolute atomic E-state index is 0.0129. The van der Waals surface area contributed by atoms with E-state index in [9.17, 15) is 4.79 Å². The first-order chi connectivity index (χ1) is 14.4. The van der Waals surface area contributed by atoms with Crippen LogP contribution in [0.1, 0.15) is 23.3 Å². The highest BCUT2D eigenvalue weighted by Gasteiger charge is 2.47.